The molecule has 0 unspecified atom stereocenters. The molecule has 194 valence electrons. The highest BCUT2D eigenvalue weighted by Crippen LogP contribution is 2.41. The number of hydrogen-bond acceptors (Lipinski definition) is 5. The largest absolute Gasteiger partial charge is 0.496 e. The quantitative estimate of drug-likeness (QED) is 0.396. The summed E-state index contributed by atoms with van der Waals surface area (Å²) >= 11 is 0. The average molecular weight is 508 g/mol. The van der Waals surface area contributed by atoms with Crippen LogP contribution in [0.5, 0.6) is 11.5 Å². The van der Waals surface area contributed by atoms with Crippen molar-refractivity contribution in [2.45, 2.75) is 44.2 Å². The van der Waals surface area contributed by atoms with Gasteiger partial charge in [0.25, 0.3) is 5.91 Å². The van der Waals surface area contributed by atoms with Gasteiger partial charge in [0.05, 0.1) is 44.0 Å². The molecular formula is C28H30FN3O5. The summed E-state index contributed by atoms with van der Waals surface area (Å²) in [7, 11) is 3.15. The highest BCUT2D eigenvalue weighted by Gasteiger charge is 2.27. The molecule has 3 aromatic rings. The lowest BCUT2D eigenvalue weighted by atomic mass is 10.1. The fourth-order valence-electron chi connectivity index (χ4n) is 4.62. The molecule has 1 atom stereocenters. The molecule has 9 heteroatoms. The van der Waals surface area contributed by atoms with Crippen LogP contribution in [0.2, 0.25) is 0 Å². The maximum Gasteiger partial charge on any atom is 0.305 e. The van der Waals surface area contributed by atoms with Gasteiger partial charge in [-0.2, -0.15) is 5.10 Å². The Labute approximate surface area is 214 Å². The molecule has 8 nitrogen and oxygen atoms in total. The summed E-state index contributed by atoms with van der Waals surface area (Å²) in [5, 5.41) is 16.8. The second-order valence-electron chi connectivity index (χ2n) is 8.92. The second kappa shape index (κ2) is 11.7. The first kappa shape index (κ1) is 25.9. The van der Waals surface area contributed by atoms with Crippen LogP contribution in [0, 0.1) is 5.82 Å². The minimum Gasteiger partial charge on any atom is -0.496 e. The van der Waals surface area contributed by atoms with Crippen molar-refractivity contribution in [3.63, 3.8) is 0 Å². The van der Waals surface area contributed by atoms with Gasteiger partial charge >= 0.3 is 5.97 Å². The van der Waals surface area contributed by atoms with E-state index in [9.17, 15) is 19.1 Å². The van der Waals surface area contributed by atoms with Crippen LogP contribution >= 0.6 is 0 Å². The maximum atomic E-state index is 13.3. The van der Waals surface area contributed by atoms with Crippen molar-refractivity contribution in [3.05, 3.63) is 71.7 Å². The van der Waals surface area contributed by atoms with Gasteiger partial charge in [-0.1, -0.05) is 43.2 Å². The van der Waals surface area contributed by atoms with E-state index in [-0.39, 0.29) is 24.0 Å². The molecule has 0 saturated heterocycles. The minimum absolute atomic E-state index is 0.124. The zero-order valence-corrected chi connectivity index (χ0v) is 20.8. The lowest BCUT2D eigenvalue weighted by molar-refractivity contribution is -0.137. The van der Waals surface area contributed by atoms with Crippen molar-refractivity contribution in [1.82, 2.24) is 15.1 Å². The van der Waals surface area contributed by atoms with Crippen LogP contribution in [-0.4, -0.2) is 47.0 Å². The predicted octanol–water partition coefficient (Wildman–Crippen LogP) is 5.11. The molecule has 2 aromatic carbocycles. The summed E-state index contributed by atoms with van der Waals surface area (Å²) in [6, 6.07) is 12.3. The van der Waals surface area contributed by atoms with Crippen molar-refractivity contribution in [2.24, 2.45) is 0 Å². The molecule has 0 bridgehead atoms. The Morgan fingerprint density at radius 3 is 2.38 bits per heavy atom. The van der Waals surface area contributed by atoms with Gasteiger partial charge in [-0.05, 0) is 48.7 Å². The van der Waals surface area contributed by atoms with E-state index in [1.54, 1.807) is 44.6 Å². The summed E-state index contributed by atoms with van der Waals surface area (Å²) in [6.45, 7) is 0. The van der Waals surface area contributed by atoms with E-state index >= 15 is 0 Å². The summed E-state index contributed by atoms with van der Waals surface area (Å²) in [6.07, 6.45) is 6.93. The van der Waals surface area contributed by atoms with Crippen molar-refractivity contribution in [3.8, 4) is 22.8 Å². The number of nitrogens with zero attached hydrogens (tertiary/aromatic N) is 2. The number of hydrogen-bond donors (Lipinski definition) is 2. The van der Waals surface area contributed by atoms with Gasteiger partial charge in [0.1, 0.15) is 17.3 Å². The molecule has 1 fully saturated rings. The number of carbonyl (C=O) groups excluding carboxylic acids is 1. The second-order valence-corrected chi connectivity index (χ2v) is 8.92. The molecule has 4 rings (SSSR count). The number of rotatable bonds is 10. The summed E-state index contributed by atoms with van der Waals surface area (Å²) in [4.78, 5) is 24.7. The molecule has 37 heavy (non-hydrogen) atoms. The minimum atomic E-state index is -1.06. The third-order valence-corrected chi connectivity index (χ3v) is 6.42. The van der Waals surface area contributed by atoms with Gasteiger partial charge in [-0.25, -0.2) is 4.39 Å². The Hall–Kier alpha value is -4.14. The summed E-state index contributed by atoms with van der Waals surface area (Å²) in [5.74, 6) is -0.743. The molecule has 1 heterocycles. The standard InChI is InChI=1S/C28H30FN3O5/c1-36-24-8-5-9-25(37-2)27(24)23-17-22(31-32(23)21-6-3-4-7-21)28(35)30-20(16-26(33)34)15-12-18-10-13-19(29)14-11-18/h5,8-15,17,20-21H,3-4,6-7,16H2,1-2H3,(H,30,35)(H,33,34)/b15-12+/t20-/m0/s1. The number of carboxylic acid groups (broad SMARTS) is 1. The monoisotopic (exact) mass is 507 g/mol. The van der Waals surface area contributed by atoms with Crippen LogP contribution in [0.3, 0.4) is 0 Å². The Morgan fingerprint density at radius 2 is 1.78 bits per heavy atom. The first-order chi connectivity index (χ1) is 17.9. The normalized spacial score (nSPS) is 14.6. The zero-order chi connectivity index (χ0) is 26.4. The third kappa shape index (κ3) is 6.17. The molecule has 1 saturated carbocycles. The van der Waals surface area contributed by atoms with Gasteiger partial charge in [0.2, 0.25) is 0 Å². The number of aromatic nitrogens is 2. The summed E-state index contributed by atoms with van der Waals surface area (Å²) in [5.41, 5.74) is 2.25. The van der Waals surface area contributed by atoms with Crippen LogP contribution in [0.25, 0.3) is 17.3 Å². The van der Waals surface area contributed by atoms with Crippen LogP contribution in [0.4, 0.5) is 4.39 Å². The first-order valence-corrected chi connectivity index (χ1v) is 12.2. The molecule has 0 aliphatic heterocycles. The lowest BCUT2D eigenvalue weighted by Crippen LogP contribution is -2.35. The van der Waals surface area contributed by atoms with E-state index in [1.165, 1.54) is 12.1 Å². The van der Waals surface area contributed by atoms with Gasteiger partial charge in [-0.3, -0.25) is 14.3 Å². The van der Waals surface area contributed by atoms with E-state index in [2.05, 4.69) is 10.4 Å². The molecule has 1 aliphatic carbocycles. The van der Waals surface area contributed by atoms with E-state index in [0.717, 1.165) is 25.7 Å². The van der Waals surface area contributed by atoms with Gasteiger partial charge in [0, 0.05) is 0 Å². The van der Waals surface area contributed by atoms with Crippen molar-refractivity contribution >= 4 is 18.0 Å². The SMILES string of the molecule is COc1cccc(OC)c1-c1cc(C(=O)N[C@@H](/C=C/c2ccc(F)cc2)CC(=O)O)nn1C1CCCC1. The highest BCUT2D eigenvalue weighted by atomic mass is 19.1. The Kier molecular flexibility index (Phi) is 8.22. The number of amides is 1. The Morgan fingerprint density at radius 1 is 1.14 bits per heavy atom. The van der Waals surface area contributed by atoms with Crippen LogP contribution in [0.1, 0.15) is 54.2 Å². The first-order valence-electron chi connectivity index (χ1n) is 12.2. The van der Waals surface area contributed by atoms with E-state index in [0.29, 0.717) is 28.3 Å². The van der Waals surface area contributed by atoms with Crippen LogP contribution in [-0.2, 0) is 4.79 Å². The molecule has 0 radical (unpaired) electrons. The Bertz CT molecular complexity index is 1260. The number of benzene rings is 2. The van der Waals surface area contributed by atoms with Gasteiger partial charge in [0.15, 0.2) is 5.69 Å². The van der Waals surface area contributed by atoms with Crippen LogP contribution < -0.4 is 14.8 Å². The number of ether oxygens (including phenoxy) is 2. The molecule has 0 spiro atoms. The molecule has 1 aromatic heterocycles. The van der Waals surface area contributed by atoms with Crippen LogP contribution in [0.15, 0.2) is 54.6 Å². The van der Waals surface area contributed by atoms with Gasteiger partial charge < -0.3 is 19.9 Å². The average Bonchev–Trinajstić information content (AvgIpc) is 3.57. The number of nitrogens with one attached hydrogen (secondary N) is 1. The van der Waals surface area contributed by atoms with Crippen molar-refractivity contribution in [1.29, 1.82) is 0 Å². The van der Waals surface area contributed by atoms with E-state index in [1.807, 2.05) is 22.9 Å². The number of aliphatic carboxylic acids is 1. The lowest BCUT2D eigenvalue weighted by Gasteiger charge is -2.18. The van der Waals surface area contributed by atoms with Crippen molar-refractivity contribution < 1.29 is 28.6 Å². The topological polar surface area (TPSA) is 103 Å². The number of carboxylic acids is 1. The highest BCUT2D eigenvalue weighted by molar-refractivity contribution is 5.94. The molecule has 1 aliphatic rings. The fourth-order valence-corrected chi connectivity index (χ4v) is 4.62. The number of halogens is 1. The number of carbonyl (C=O) groups is 2. The maximum absolute atomic E-state index is 13.3. The third-order valence-electron chi connectivity index (χ3n) is 6.42. The molecule has 2 N–H and O–H groups in total. The molecular weight excluding hydrogens is 477 g/mol. The summed E-state index contributed by atoms with van der Waals surface area (Å²) < 4.78 is 26.3. The van der Waals surface area contributed by atoms with Gasteiger partial charge in [-0.15, -0.1) is 0 Å². The van der Waals surface area contributed by atoms with E-state index in [4.69, 9.17) is 9.47 Å². The van der Waals surface area contributed by atoms with Crippen molar-refractivity contribution in [2.75, 3.05) is 14.2 Å². The molecule has 1 amide bonds. The zero-order valence-electron chi connectivity index (χ0n) is 20.8. The fraction of sp³-hybridized carbons (Fsp3) is 0.321. The smallest absolute Gasteiger partial charge is 0.305 e. The predicted molar refractivity (Wildman–Crippen MR) is 137 cm³/mol. The number of methoxy groups -OCH3 is 2. The van der Waals surface area contributed by atoms with E-state index < -0.39 is 17.9 Å². The Balaban J connectivity index is 1.66.